The summed E-state index contributed by atoms with van der Waals surface area (Å²) in [6.45, 7) is 3.80. The molecule has 0 bridgehead atoms. The van der Waals surface area contributed by atoms with E-state index in [1.54, 1.807) is 44.2 Å². The molecule has 3 aromatic rings. The maximum absolute atomic E-state index is 16.1. The summed E-state index contributed by atoms with van der Waals surface area (Å²) in [7, 11) is 0. The minimum absolute atomic E-state index is 0.00584. The van der Waals surface area contributed by atoms with Crippen LogP contribution in [0.5, 0.6) is 0 Å². The summed E-state index contributed by atoms with van der Waals surface area (Å²) in [5.74, 6) is -4.08. The third kappa shape index (κ3) is 4.43. The Hall–Kier alpha value is -4.06. The summed E-state index contributed by atoms with van der Waals surface area (Å²) in [5, 5.41) is 15.6. The first-order valence-corrected chi connectivity index (χ1v) is 15.8. The van der Waals surface area contributed by atoms with Crippen molar-refractivity contribution in [3.63, 3.8) is 0 Å². The molecule has 4 atom stereocenters. The number of amides is 2. The minimum atomic E-state index is -1.47. The Labute approximate surface area is 273 Å². The molecule has 238 valence electrons. The predicted octanol–water partition coefficient (Wildman–Crippen LogP) is 6.21. The zero-order valence-corrected chi connectivity index (χ0v) is 26.4. The number of carbonyl (C=O) groups excluding carboxylic acids is 3. The van der Waals surface area contributed by atoms with Crippen molar-refractivity contribution in [2.75, 3.05) is 29.9 Å². The number of halogens is 3. The van der Waals surface area contributed by atoms with Crippen LogP contribution in [0.25, 0.3) is 0 Å². The number of nitrogens with zero attached hydrogens (tertiary/aromatic N) is 3. The molecule has 1 aliphatic carbocycles. The number of benzene rings is 3. The highest BCUT2D eigenvalue weighted by atomic mass is 35.5. The number of carbonyl (C=O) groups is 3. The van der Waals surface area contributed by atoms with Gasteiger partial charge in [-0.3, -0.25) is 24.6 Å². The van der Waals surface area contributed by atoms with E-state index in [4.69, 9.17) is 27.9 Å². The number of nitro benzene ring substituents is 1. The van der Waals surface area contributed by atoms with Crippen LogP contribution in [0.4, 0.5) is 21.5 Å². The molecule has 2 saturated heterocycles. The number of likely N-dealkylation sites (tertiary alicyclic amines) is 1. The highest BCUT2D eigenvalue weighted by Gasteiger charge is 2.71. The Morgan fingerprint density at radius 3 is 2.63 bits per heavy atom. The molecule has 3 aromatic carbocycles. The summed E-state index contributed by atoms with van der Waals surface area (Å²) in [5.41, 5.74) is -0.294. The summed E-state index contributed by atoms with van der Waals surface area (Å²) in [4.78, 5) is 56.7. The van der Waals surface area contributed by atoms with Crippen molar-refractivity contribution in [2.24, 2.45) is 11.8 Å². The average molecular weight is 668 g/mol. The quantitative estimate of drug-likeness (QED) is 0.181. The highest BCUT2D eigenvalue weighted by Crippen LogP contribution is 2.63. The van der Waals surface area contributed by atoms with Gasteiger partial charge in [0.1, 0.15) is 17.0 Å². The summed E-state index contributed by atoms with van der Waals surface area (Å²) in [6, 6.07) is 11.6. The van der Waals surface area contributed by atoms with Gasteiger partial charge < -0.3 is 15.0 Å². The number of esters is 1. The molecule has 3 aliphatic heterocycles. The molecule has 10 nitrogen and oxygen atoms in total. The van der Waals surface area contributed by atoms with E-state index >= 15 is 4.39 Å². The van der Waals surface area contributed by atoms with Crippen LogP contribution in [0, 0.1) is 34.7 Å². The molecule has 7 rings (SSSR count). The standard InChI is InChI=1S/C33H29Cl2FN4O6/c1-3-46-31(42)20-13-25(40(44)45)24(11-16(20)2)38-15-26-27(30(38)41)28(19-5-4-6-22(35)29(19)36)33(39(26)14-17-7-8-17)21-10-9-18(34)12-23(21)37-32(33)43/h4-6,9-13,17,26-28H,3,7-8,14-15H2,1-2H3,(H,37,43)/t26-,27+,28-,33+/m0/s1. The van der Waals surface area contributed by atoms with Crippen LogP contribution < -0.4 is 10.2 Å². The molecular formula is C33H29Cl2FN4O6. The SMILES string of the molecule is CCOC(=O)c1cc([N+](=O)[O-])c(N2C[C@H]3[C@@H](C2=O)[C@H](c2cccc(Cl)c2F)[C@]2(C(=O)Nc4cc(Cl)ccc42)N3CC2CC2)cc1C. The van der Waals surface area contributed by atoms with Crippen molar-refractivity contribution in [3.05, 3.63) is 96.8 Å². The second kappa shape index (κ2) is 11.0. The van der Waals surface area contributed by atoms with Gasteiger partial charge in [0.15, 0.2) is 0 Å². The van der Waals surface area contributed by atoms with Crippen molar-refractivity contribution in [1.82, 2.24) is 4.90 Å². The van der Waals surface area contributed by atoms with E-state index in [0.717, 1.165) is 18.9 Å². The molecule has 3 fully saturated rings. The van der Waals surface area contributed by atoms with E-state index in [2.05, 4.69) is 5.32 Å². The first-order chi connectivity index (χ1) is 22.0. The first kappa shape index (κ1) is 30.6. The molecule has 0 radical (unpaired) electrons. The number of anilines is 2. The van der Waals surface area contributed by atoms with Crippen LogP contribution in [0.3, 0.4) is 0 Å². The first-order valence-electron chi connectivity index (χ1n) is 15.1. The number of hydrogen-bond acceptors (Lipinski definition) is 7. The molecule has 1 spiro atoms. The second-order valence-electron chi connectivity index (χ2n) is 12.3. The summed E-state index contributed by atoms with van der Waals surface area (Å²) >= 11 is 12.6. The lowest BCUT2D eigenvalue weighted by Gasteiger charge is -2.41. The van der Waals surface area contributed by atoms with Crippen molar-refractivity contribution >= 4 is 58.0 Å². The molecule has 13 heteroatoms. The van der Waals surface area contributed by atoms with Crippen molar-refractivity contribution in [1.29, 1.82) is 0 Å². The molecule has 0 unspecified atom stereocenters. The Kier molecular flexibility index (Phi) is 7.34. The molecule has 0 aromatic heterocycles. The van der Waals surface area contributed by atoms with Gasteiger partial charge in [-0.2, -0.15) is 0 Å². The van der Waals surface area contributed by atoms with Gasteiger partial charge in [0.25, 0.3) is 5.69 Å². The van der Waals surface area contributed by atoms with Crippen LogP contribution in [-0.4, -0.2) is 53.3 Å². The lowest BCUT2D eigenvalue weighted by molar-refractivity contribution is -0.384. The van der Waals surface area contributed by atoms with E-state index in [0.29, 0.717) is 28.4 Å². The number of rotatable bonds is 7. The van der Waals surface area contributed by atoms with Crippen molar-refractivity contribution < 1.29 is 28.4 Å². The van der Waals surface area contributed by atoms with Crippen LogP contribution in [0.1, 0.15) is 52.7 Å². The number of fused-ring (bicyclic) bond motifs is 3. The fourth-order valence-electron chi connectivity index (χ4n) is 7.71. The molecule has 1 saturated carbocycles. The predicted molar refractivity (Wildman–Crippen MR) is 169 cm³/mol. The normalized spacial score (nSPS) is 25.2. The summed E-state index contributed by atoms with van der Waals surface area (Å²) < 4.78 is 21.2. The van der Waals surface area contributed by atoms with E-state index in [-0.39, 0.29) is 40.9 Å². The second-order valence-corrected chi connectivity index (χ2v) is 13.1. The lowest BCUT2D eigenvalue weighted by atomic mass is 9.71. The topological polar surface area (TPSA) is 122 Å². The maximum Gasteiger partial charge on any atom is 0.338 e. The maximum atomic E-state index is 16.1. The Morgan fingerprint density at radius 2 is 1.93 bits per heavy atom. The Balaban J connectivity index is 1.43. The van der Waals surface area contributed by atoms with Gasteiger partial charge in [-0.15, -0.1) is 0 Å². The van der Waals surface area contributed by atoms with Gasteiger partial charge in [-0.05, 0) is 68.0 Å². The lowest BCUT2D eigenvalue weighted by Crippen LogP contribution is -2.54. The van der Waals surface area contributed by atoms with Gasteiger partial charge in [-0.1, -0.05) is 41.4 Å². The number of nitrogens with one attached hydrogen (secondary N) is 1. The van der Waals surface area contributed by atoms with Gasteiger partial charge in [-0.25, -0.2) is 9.18 Å². The molecule has 1 N–H and O–H groups in total. The molecular weight excluding hydrogens is 638 g/mol. The zero-order chi connectivity index (χ0) is 32.7. The third-order valence-corrected chi connectivity index (χ3v) is 10.3. The molecule has 4 aliphatic rings. The third-order valence-electron chi connectivity index (χ3n) is 9.76. The monoisotopic (exact) mass is 666 g/mol. The average Bonchev–Trinajstić information content (AvgIpc) is 3.63. The smallest absolute Gasteiger partial charge is 0.338 e. The van der Waals surface area contributed by atoms with Crippen LogP contribution in [0.15, 0.2) is 48.5 Å². The van der Waals surface area contributed by atoms with Gasteiger partial charge in [0.05, 0.1) is 28.0 Å². The van der Waals surface area contributed by atoms with Crippen molar-refractivity contribution in [3.8, 4) is 0 Å². The van der Waals surface area contributed by atoms with E-state index < -0.39 is 57.6 Å². The largest absolute Gasteiger partial charge is 0.462 e. The number of hydrogen-bond donors (Lipinski definition) is 1. The van der Waals surface area contributed by atoms with E-state index in [9.17, 15) is 24.5 Å². The Bertz CT molecular complexity index is 1850. The fourth-order valence-corrected chi connectivity index (χ4v) is 8.06. The van der Waals surface area contributed by atoms with Gasteiger partial charge in [0.2, 0.25) is 11.8 Å². The fraction of sp³-hybridized carbons (Fsp3) is 0.364. The van der Waals surface area contributed by atoms with E-state index in [1.807, 2.05) is 4.90 Å². The van der Waals surface area contributed by atoms with Crippen LogP contribution in [-0.2, 0) is 19.9 Å². The van der Waals surface area contributed by atoms with Gasteiger partial charge in [0, 0.05) is 47.4 Å². The number of nitro groups is 1. The number of aryl methyl sites for hydroxylation is 1. The molecule has 46 heavy (non-hydrogen) atoms. The van der Waals surface area contributed by atoms with Crippen molar-refractivity contribution in [2.45, 2.75) is 44.2 Å². The summed E-state index contributed by atoms with van der Waals surface area (Å²) in [6.07, 6.45) is 1.87. The highest BCUT2D eigenvalue weighted by molar-refractivity contribution is 6.31. The van der Waals surface area contributed by atoms with Gasteiger partial charge >= 0.3 is 5.97 Å². The minimum Gasteiger partial charge on any atom is -0.462 e. The van der Waals surface area contributed by atoms with Crippen LogP contribution in [0.2, 0.25) is 10.0 Å². The zero-order valence-electron chi connectivity index (χ0n) is 24.9. The van der Waals surface area contributed by atoms with Crippen LogP contribution >= 0.6 is 23.2 Å². The molecule has 2 amide bonds. The molecule has 3 heterocycles. The Morgan fingerprint density at radius 1 is 1.17 bits per heavy atom. The number of ether oxygens (including phenoxy) is 1. The van der Waals surface area contributed by atoms with E-state index in [1.165, 1.54) is 17.0 Å².